The van der Waals surface area contributed by atoms with Gasteiger partial charge in [0.1, 0.15) is 0 Å². The van der Waals surface area contributed by atoms with E-state index in [-0.39, 0.29) is 5.54 Å². The van der Waals surface area contributed by atoms with Crippen LogP contribution in [0.15, 0.2) is 71.9 Å². The van der Waals surface area contributed by atoms with E-state index in [1.54, 1.807) is 6.20 Å². The zero-order valence-electron chi connectivity index (χ0n) is 18.6. The predicted octanol–water partition coefficient (Wildman–Crippen LogP) is 5.75. The first-order chi connectivity index (χ1) is 15.9. The van der Waals surface area contributed by atoms with Gasteiger partial charge in [-0.15, -0.1) is 0 Å². The first-order valence-electron chi connectivity index (χ1n) is 10.5. The second kappa shape index (κ2) is 8.87. The summed E-state index contributed by atoms with van der Waals surface area (Å²) in [5.74, 6) is 0. The van der Waals surface area contributed by atoms with E-state index in [0.29, 0.717) is 30.5 Å². The molecule has 0 amide bonds. The molecule has 0 unspecified atom stereocenters. The van der Waals surface area contributed by atoms with Crippen molar-refractivity contribution in [1.82, 2.24) is 9.88 Å². The smallest absolute Gasteiger partial charge is 0.357 e. The Kier molecular flexibility index (Phi) is 6.39. The summed E-state index contributed by atoms with van der Waals surface area (Å²) in [5, 5.41) is 0.652. The van der Waals surface area contributed by atoms with Crippen LogP contribution in [0.4, 0.5) is 18.9 Å². The second-order valence-corrected chi connectivity index (χ2v) is 11.2. The average molecular weight is 510 g/mol. The van der Waals surface area contributed by atoms with Gasteiger partial charge in [0.05, 0.1) is 11.6 Å². The minimum absolute atomic E-state index is 0.239. The van der Waals surface area contributed by atoms with Gasteiger partial charge in [-0.25, -0.2) is 8.42 Å². The van der Waals surface area contributed by atoms with Crippen molar-refractivity contribution in [3.63, 3.8) is 0 Å². The Hall–Kier alpha value is -2.62. The molecule has 1 saturated heterocycles. The van der Waals surface area contributed by atoms with Gasteiger partial charge < -0.3 is 4.90 Å². The summed E-state index contributed by atoms with van der Waals surface area (Å²) < 4.78 is 61.8. The maximum absolute atomic E-state index is 12.8. The average Bonchev–Trinajstić information content (AvgIpc) is 3.08. The molecule has 0 saturated carbocycles. The fourth-order valence-electron chi connectivity index (χ4n) is 4.08. The molecule has 1 aromatic heterocycles. The summed E-state index contributed by atoms with van der Waals surface area (Å²) in [6.45, 7) is 5.97. The largest absolute Gasteiger partial charge is 0.501 e. The molecule has 0 N–H and O–H groups in total. The van der Waals surface area contributed by atoms with Crippen molar-refractivity contribution in [1.29, 1.82) is 0 Å². The second-order valence-electron chi connectivity index (χ2n) is 8.83. The highest BCUT2D eigenvalue weighted by molar-refractivity contribution is 7.92. The molecule has 0 atom stereocenters. The Bertz CT molecular complexity index is 1280. The highest BCUT2D eigenvalue weighted by atomic mass is 35.5. The van der Waals surface area contributed by atoms with E-state index in [0.717, 1.165) is 28.8 Å². The zero-order valence-corrected chi connectivity index (χ0v) is 20.1. The summed E-state index contributed by atoms with van der Waals surface area (Å²) in [5.41, 5.74) is -1.83. The Morgan fingerprint density at radius 3 is 2.29 bits per heavy atom. The third-order valence-corrected chi connectivity index (χ3v) is 7.77. The fourth-order valence-corrected chi connectivity index (χ4v) is 4.97. The summed E-state index contributed by atoms with van der Waals surface area (Å²) in [6, 6.07) is 14.4. The summed E-state index contributed by atoms with van der Waals surface area (Å²) in [4.78, 5) is 7.80. The molecule has 0 bridgehead atoms. The van der Waals surface area contributed by atoms with E-state index >= 15 is 0 Å². The van der Waals surface area contributed by atoms with Crippen LogP contribution in [-0.4, -0.2) is 42.6 Å². The van der Waals surface area contributed by atoms with Crippen molar-refractivity contribution >= 4 is 27.1 Å². The summed E-state index contributed by atoms with van der Waals surface area (Å²) in [6.07, 6.45) is 3.56. The van der Waals surface area contributed by atoms with Crippen LogP contribution in [0.25, 0.3) is 11.1 Å². The predicted molar refractivity (Wildman–Crippen MR) is 126 cm³/mol. The molecule has 180 valence electrons. The number of nitrogens with zero attached hydrogens (tertiary/aromatic N) is 3. The fraction of sp³-hybridized carbons (Fsp3) is 0.292. The quantitative estimate of drug-likeness (QED) is 0.438. The van der Waals surface area contributed by atoms with Gasteiger partial charge in [0.2, 0.25) is 0 Å². The number of pyridine rings is 1. The minimum atomic E-state index is -5.37. The topological polar surface area (TPSA) is 53.5 Å². The van der Waals surface area contributed by atoms with Crippen molar-refractivity contribution < 1.29 is 21.6 Å². The number of anilines is 1. The zero-order chi connectivity index (χ0) is 24.7. The third-order valence-electron chi connectivity index (χ3n) is 6.02. The maximum Gasteiger partial charge on any atom is 0.501 e. The lowest BCUT2D eigenvalue weighted by Crippen LogP contribution is -2.39. The van der Waals surface area contributed by atoms with Gasteiger partial charge in [0.25, 0.3) is 9.84 Å². The molecule has 5 nitrogen and oxygen atoms in total. The monoisotopic (exact) mass is 509 g/mol. The molecule has 0 aliphatic carbocycles. The van der Waals surface area contributed by atoms with Gasteiger partial charge in [-0.1, -0.05) is 23.7 Å². The number of alkyl halides is 3. The Morgan fingerprint density at radius 1 is 1.03 bits per heavy atom. The number of rotatable bonds is 5. The SMILES string of the molecule is CC1(C)CN(c2ccc(S(=O)(=O)C(F)(F)F)cc2)CN1Cc1ccncc1-c1ccc(Cl)cc1. The normalized spacial score (nSPS) is 16.7. The molecule has 1 aliphatic heterocycles. The number of hydrogen-bond donors (Lipinski definition) is 0. The highest BCUT2D eigenvalue weighted by Gasteiger charge is 2.47. The van der Waals surface area contributed by atoms with Gasteiger partial charge >= 0.3 is 5.51 Å². The Morgan fingerprint density at radius 2 is 1.68 bits per heavy atom. The molecule has 34 heavy (non-hydrogen) atoms. The van der Waals surface area contributed by atoms with E-state index in [2.05, 4.69) is 23.7 Å². The lowest BCUT2D eigenvalue weighted by Gasteiger charge is -2.30. The maximum atomic E-state index is 12.8. The van der Waals surface area contributed by atoms with E-state index in [9.17, 15) is 21.6 Å². The van der Waals surface area contributed by atoms with Gasteiger partial charge in [-0.2, -0.15) is 13.2 Å². The van der Waals surface area contributed by atoms with Crippen LogP contribution >= 0.6 is 11.6 Å². The Balaban J connectivity index is 1.56. The van der Waals surface area contributed by atoms with Crippen molar-refractivity contribution in [3.05, 3.63) is 77.6 Å². The number of halogens is 4. The highest BCUT2D eigenvalue weighted by Crippen LogP contribution is 2.35. The molecule has 1 aliphatic rings. The van der Waals surface area contributed by atoms with E-state index in [1.807, 2.05) is 41.4 Å². The van der Waals surface area contributed by atoms with Crippen molar-refractivity contribution in [2.45, 2.75) is 36.3 Å². The lowest BCUT2D eigenvalue weighted by atomic mass is 9.99. The number of benzene rings is 2. The molecular weight excluding hydrogens is 487 g/mol. The van der Waals surface area contributed by atoms with Crippen molar-refractivity contribution in [2.24, 2.45) is 0 Å². The molecule has 4 rings (SSSR count). The van der Waals surface area contributed by atoms with E-state index in [4.69, 9.17) is 11.6 Å². The standard InChI is InChI=1S/C24H23ClF3N3O2S/c1-23(2)15-30(20-7-9-21(10-8-20)34(32,33)24(26,27)28)16-31(23)14-18-11-12-29-13-22(18)17-3-5-19(25)6-4-17/h3-13H,14-16H2,1-2H3. The third kappa shape index (κ3) is 4.78. The number of aromatic nitrogens is 1. The van der Waals surface area contributed by atoms with Crippen LogP contribution in [0.1, 0.15) is 19.4 Å². The molecule has 3 aromatic rings. The minimum Gasteiger partial charge on any atom is -0.357 e. The molecule has 10 heteroatoms. The van der Waals surface area contributed by atoms with Crippen LogP contribution in [0, 0.1) is 0 Å². The van der Waals surface area contributed by atoms with Gasteiger partial charge in [0, 0.05) is 47.3 Å². The van der Waals surface area contributed by atoms with Gasteiger partial charge in [0.15, 0.2) is 0 Å². The van der Waals surface area contributed by atoms with Crippen LogP contribution in [0.3, 0.4) is 0 Å². The van der Waals surface area contributed by atoms with E-state index in [1.165, 1.54) is 12.1 Å². The van der Waals surface area contributed by atoms with Gasteiger partial charge in [-0.05, 0) is 67.4 Å². The molecule has 2 aromatic carbocycles. The molecule has 0 radical (unpaired) electrons. The molecule has 1 fully saturated rings. The summed E-state index contributed by atoms with van der Waals surface area (Å²) in [7, 11) is -5.37. The first-order valence-corrected chi connectivity index (χ1v) is 12.3. The first kappa shape index (κ1) is 24.5. The lowest BCUT2D eigenvalue weighted by molar-refractivity contribution is -0.0436. The Labute approximate surface area is 201 Å². The van der Waals surface area contributed by atoms with Crippen LogP contribution in [0.5, 0.6) is 0 Å². The molecule has 2 heterocycles. The van der Waals surface area contributed by atoms with Crippen molar-refractivity contribution in [3.8, 4) is 11.1 Å². The van der Waals surface area contributed by atoms with E-state index < -0.39 is 20.2 Å². The number of hydrogen-bond acceptors (Lipinski definition) is 5. The van der Waals surface area contributed by atoms with Crippen LogP contribution < -0.4 is 4.90 Å². The van der Waals surface area contributed by atoms with Crippen molar-refractivity contribution in [2.75, 3.05) is 18.1 Å². The number of sulfone groups is 1. The van der Waals surface area contributed by atoms with Crippen LogP contribution in [0.2, 0.25) is 5.02 Å². The summed E-state index contributed by atoms with van der Waals surface area (Å²) >= 11 is 6.03. The molecular formula is C24H23ClF3N3O2S. The van der Waals surface area contributed by atoms with Gasteiger partial charge in [-0.3, -0.25) is 9.88 Å². The molecule has 0 spiro atoms. The van der Waals surface area contributed by atoms with Crippen LogP contribution in [-0.2, 0) is 16.4 Å².